The van der Waals surface area contributed by atoms with Gasteiger partial charge in [0.25, 0.3) is 0 Å². The van der Waals surface area contributed by atoms with Gasteiger partial charge in [-0.2, -0.15) is 39.5 Å². The molecule has 0 radical (unpaired) electrons. The van der Waals surface area contributed by atoms with E-state index in [1.54, 1.807) is 6.92 Å². The molecule has 1 saturated carbocycles. The topological polar surface area (TPSA) is 131 Å². The number of nitrogens with one attached hydrogen (secondary N) is 2. The first kappa shape index (κ1) is 43.6. The molecule has 304 valence electrons. The smallest absolute Gasteiger partial charge is 0.416 e. The summed E-state index contributed by atoms with van der Waals surface area (Å²) >= 11 is 0. The standard InChI is InChI=1S/C36H41F9N4O5S/c1-20(24-13-27(35(40,41)42)16-28(14-24)36(43,44)45)32-30(54-10-11-55(3,52)53)19-48-33(49-32)47-18-25-15-26(34(37,38)39)8-9-29(25)21(2)46-17-23-6-4-22(5-7-23)12-31(50)51/h8-9,13-16,19-23,46H,4-7,10-12,17-18H2,1-3H3,(H,50,51)(H,47,48,49)/t20-,21-,22?,23?/m0/s1. The third-order valence-corrected chi connectivity index (χ3v) is 10.4. The quantitative estimate of drug-likeness (QED) is 0.129. The Bertz CT molecular complexity index is 1880. The number of carbonyl (C=O) groups is 1. The summed E-state index contributed by atoms with van der Waals surface area (Å²) in [6.07, 6.45) is -9.80. The van der Waals surface area contributed by atoms with Crippen molar-refractivity contribution in [3.63, 3.8) is 0 Å². The van der Waals surface area contributed by atoms with Crippen LogP contribution in [0.3, 0.4) is 0 Å². The Hall–Kier alpha value is -4.13. The van der Waals surface area contributed by atoms with Gasteiger partial charge >= 0.3 is 24.5 Å². The predicted molar refractivity (Wildman–Crippen MR) is 184 cm³/mol. The number of nitrogens with zero attached hydrogens (tertiary/aromatic N) is 2. The van der Waals surface area contributed by atoms with Crippen LogP contribution in [-0.4, -0.2) is 54.6 Å². The van der Waals surface area contributed by atoms with Crippen molar-refractivity contribution in [1.29, 1.82) is 0 Å². The Kier molecular flexibility index (Phi) is 13.7. The lowest BCUT2D eigenvalue weighted by atomic mass is 9.80. The second-order valence-corrected chi connectivity index (χ2v) is 16.1. The van der Waals surface area contributed by atoms with Gasteiger partial charge in [-0.3, -0.25) is 4.79 Å². The number of aromatic nitrogens is 2. The van der Waals surface area contributed by atoms with Gasteiger partial charge in [-0.25, -0.2) is 18.4 Å². The van der Waals surface area contributed by atoms with Crippen molar-refractivity contribution in [2.75, 3.05) is 30.5 Å². The van der Waals surface area contributed by atoms with Crippen molar-refractivity contribution < 1.29 is 62.6 Å². The lowest BCUT2D eigenvalue weighted by molar-refractivity contribution is -0.143. The fourth-order valence-corrected chi connectivity index (χ4v) is 6.84. The maximum absolute atomic E-state index is 13.8. The number of carboxylic acid groups (broad SMARTS) is 1. The second kappa shape index (κ2) is 17.3. The van der Waals surface area contributed by atoms with Crippen LogP contribution >= 0.6 is 0 Å². The van der Waals surface area contributed by atoms with Crippen molar-refractivity contribution in [3.05, 3.63) is 81.7 Å². The number of hydrogen-bond acceptors (Lipinski definition) is 8. The summed E-state index contributed by atoms with van der Waals surface area (Å²) in [4.78, 5) is 19.5. The van der Waals surface area contributed by atoms with Gasteiger partial charge in [0, 0.05) is 31.2 Å². The summed E-state index contributed by atoms with van der Waals surface area (Å²) in [5.41, 5.74) is -4.04. The third kappa shape index (κ3) is 12.7. The number of halogens is 9. The van der Waals surface area contributed by atoms with Crippen molar-refractivity contribution in [1.82, 2.24) is 15.3 Å². The zero-order chi connectivity index (χ0) is 40.9. The van der Waals surface area contributed by atoms with Crippen LogP contribution in [0.2, 0.25) is 0 Å². The molecular weight excluding hydrogens is 771 g/mol. The van der Waals surface area contributed by atoms with Crippen LogP contribution in [0.1, 0.15) is 97.0 Å². The van der Waals surface area contributed by atoms with Gasteiger partial charge in [0.2, 0.25) is 5.95 Å². The fraction of sp³-hybridized carbons (Fsp3) is 0.528. The molecule has 2 aromatic carbocycles. The molecule has 0 spiro atoms. The molecule has 1 aliphatic rings. The number of ether oxygens (including phenoxy) is 1. The minimum absolute atomic E-state index is 0.0257. The van der Waals surface area contributed by atoms with Crippen LogP contribution in [0.5, 0.6) is 5.75 Å². The Morgan fingerprint density at radius 1 is 0.891 bits per heavy atom. The molecule has 4 rings (SSSR count). The zero-order valence-corrected chi connectivity index (χ0v) is 30.8. The van der Waals surface area contributed by atoms with E-state index in [-0.39, 0.29) is 53.8 Å². The number of rotatable bonds is 15. The Morgan fingerprint density at radius 2 is 1.47 bits per heavy atom. The van der Waals surface area contributed by atoms with E-state index in [1.807, 2.05) is 0 Å². The number of aliphatic carboxylic acids is 1. The molecule has 1 heterocycles. The van der Waals surface area contributed by atoms with E-state index < -0.39 is 80.9 Å². The third-order valence-electron chi connectivity index (χ3n) is 9.53. The monoisotopic (exact) mass is 812 g/mol. The molecule has 0 amide bonds. The molecule has 3 N–H and O–H groups in total. The molecule has 1 fully saturated rings. The molecule has 0 saturated heterocycles. The van der Waals surface area contributed by atoms with Gasteiger partial charge in [0.1, 0.15) is 6.61 Å². The van der Waals surface area contributed by atoms with Crippen LogP contribution in [0.15, 0.2) is 42.6 Å². The van der Waals surface area contributed by atoms with Gasteiger partial charge in [-0.1, -0.05) is 13.0 Å². The lowest BCUT2D eigenvalue weighted by Gasteiger charge is -2.29. The summed E-state index contributed by atoms with van der Waals surface area (Å²) in [5, 5.41) is 15.2. The Balaban J connectivity index is 1.63. The Labute approximate surface area is 312 Å². The SMILES string of the molecule is C[C@@H](c1cc(C(F)(F)F)cc(C(F)(F)F)c1)c1nc(NCc2cc(C(F)(F)F)ccc2[C@H](C)NCC2CCC(CC(=O)O)CC2)ncc1OCCS(C)(=O)=O. The summed E-state index contributed by atoms with van der Waals surface area (Å²) in [6, 6.07) is 3.81. The van der Waals surface area contributed by atoms with Crippen molar-refractivity contribution in [2.24, 2.45) is 11.8 Å². The van der Waals surface area contributed by atoms with Crippen LogP contribution in [0.25, 0.3) is 0 Å². The molecule has 0 bridgehead atoms. The van der Waals surface area contributed by atoms with Crippen molar-refractivity contribution >= 4 is 21.8 Å². The van der Waals surface area contributed by atoms with E-state index in [9.17, 15) is 52.7 Å². The van der Waals surface area contributed by atoms with Gasteiger partial charge in [0.05, 0.1) is 34.3 Å². The number of anilines is 1. The van der Waals surface area contributed by atoms with E-state index in [0.717, 1.165) is 50.3 Å². The minimum Gasteiger partial charge on any atom is -0.489 e. The van der Waals surface area contributed by atoms with Crippen molar-refractivity contribution in [2.45, 2.75) is 83.0 Å². The average molecular weight is 813 g/mol. The first-order valence-electron chi connectivity index (χ1n) is 17.3. The molecule has 3 aromatic rings. The highest BCUT2D eigenvalue weighted by atomic mass is 32.2. The van der Waals surface area contributed by atoms with Crippen LogP contribution in [0.4, 0.5) is 45.5 Å². The van der Waals surface area contributed by atoms with Gasteiger partial charge < -0.3 is 20.5 Å². The molecular formula is C36H41F9N4O5S. The van der Waals surface area contributed by atoms with Gasteiger partial charge in [-0.05, 0) is 98.0 Å². The second-order valence-electron chi connectivity index (χ2n) is 13.9. The maximum atomic E-state index is 13.8. The largest absolute Gasteiger partial charge is 0.489 e. The van der Waals surface area contributed by atoms with E-state index in [1.165, 1.54) is 13.0 Å². The molecule has 1 aliphatic carbocycles. The van der Waals surface area contributed by atoms with E-state index >= 15 is 0 Å². The number of hydrogen-bond donors (Lipinski definition) is 3. The van der Waals surface area contributed by atoms with Crippen LogP contribution < -0.4 is 15.4 Å². The predicted octanol–water partition coefficient (Wildman–Crippen LogP) is 8.65. The van der Waals surface area contributed by atoms with E-state index in [0.29, 0.717) is 24.2 Å². The summed E-state index contributed by atoms with van der Waals surface area (Å²) < 4.78 is 153. The van der Waals surface area contributed by atoms with Gasteiger partial charge in [-0.15, -0.1) is 0 Å². The first-order valence-corrected chi connectivity index (χ1v) is 19.3. The number of benzene rings is 2. The number of sulfone groups is 1. The molecule has 0 aliphatic heterocycles. The molecule has 1 aromatic heterocycles. The zero-order valence-electron chi connectivity index (χ0n) is 30.0. The molecule has 9 nitrogen and oxygen atoms in total. The summed E-state index contributed by atoms with van der Waals surface area (Å²) in [6.45, 7) is 2.84. The van der Waals surface area contributed by atoms with Crippen LogP contribution in [0, 0.1) is 11.8 Å². The van der Waals surface area contributed by atoms with E-state index in [2.05, 4.69) is 20.6 Å². The highest BCUT2D eigenvalue weighted by Crippen LogP contribution is 2.40. The number of carboxylic acids is 1. The maximum Gasteiger partial charge on any atom is 0.416 e. The van der Waals surface area contributed by atoms with Gasteiger partial charge in [0.15, 0.2) is 15.6 Å². The molecule has 2 atom stereocenters. The number of alkyl halides is 9. The van der Waals surface area contributed by atoms with Crippen LogP contribution in [-0.2, 0) is 39.7 Å². The first-order chi connectivity index (χ1) is 25.4. The molecule has 55 heavy (non-hydrogen) atoms. The molecule has 0 unspecified atom stereocenters. The highest BCUT2D eigenvalue weighted by molar-refractivity contribution is 7.90. The van der Waals surface area contributed by atoms with Crippen molar-refractivity contribution in [3.8, 4) is 5.75 Å². The normalized spacial score (nSPS) is 18.1. The van der Waals surface area contributed by atoms with E-state index in [4.69, 9.17) is 9.84 Å². The summed E-state index contributed by atoms with van der Waals surface area (Å²) in [5.74, 6) is -2.80. The summed E-state index contributed by atoms with van der Waals surface area (Å²) in [7, 11) is -3.55. The Morgan fingerprint density at radius 3 is 2.02 bits per heavy atom. The minimum atomic E-state index is -5.14. The lowest BCUT2D eigenvalue weighted by Crippen LogP contribution is -2.29. The fourth-order valence-electron chi connectivity index (χ4n) is 6.45. The highest BCUT2D eigenvalue weighted by Gasteiger charge is 2.38. The average Bonchev–Trinajstić information content (AvgIpc) is 3.08. The molecule has 19 heteroatoms.